The van der Waals surface area contributed by atoms with E-state index in [0.717, 1.165) is 43.7 Å². The lowest BCUT2D eigenvalue weighted by atomic mass is 9.89. The number of imide groups is 1. The molecule has 2 saturated heterocycles. The lowest BCUT2D eigenvalue weighted by molar-refractivity contribution is -0.133. The number of carbonyl (C=O) groups is 2. The van der Waals surface area contributed by atoms with Crippen molar-refractivity contribution in [3.63, 3.8) is 0 Å². The van der Waals surface area contributed by atoms with Crippen molar-refractivity contribution in [2.75, 3.05) is 25.0 Å². The molecule has 8 heteroatoms. The molecule has 1 unspecified atom stereocenters. The number of anilines is 1. The smallest absolute Gasteiger partial charge is 0.249 e. The number of unbranched alkanes of at least 4 members (excludes halogenated alkanes) is 1. The van der Waals surface area contributed by atoms with Gasteiger partial charge >= 0.3 is 0 Å². The molecule has 0 radical (unpaired) electrons. The van der Waals surface area contributed by atoms with Crippen molar-refractivity contribution >= 4 is 23.0 Å². The Morgan fingerprint density at radius 2 is 1.81 bits per heavy atom. The van der Waals surface area contributed by atoms with Gasteiger partial charge in [-0.05, 0) is 123 Å². The maximum atomic E-state index is 12.0. The summed E-state index contributed by atoms with van der Waals surface area (Å²) in [7, 11) is 0. The fraction of sp³-hybridized carbons (Fsp3) is 0.400. The number of aryl methyl sites for hydroxylation is 2. The summed E-state index contributed by atoms with van der Waals surface area (Å²) in [6, 6.07) is 19.1. The van der Waals surface area contributed by atoms with Crippen LogP contribution in [0.4, 0.5) is 5.69 Å². The molecule has 2 aromatic heterocycles. The van der Waals surface area contributed by atoms with Crippen LogP contribution in [0.15, 0.2) is 67.0 Å². The number of nitrogens with zero attached hydrogens (tertiary/aromatic N) is 3. The first-order chi connectivity index (χ1) is 21.0. The van der Waals surface area contributed by atoms with Gasteiger partial charge in [0.05, 0.1) is 5.52 Å². The van der Waals surface area contributed by atoms with Crippen molar-refractivity contribution in [2.24, 2.45) is 5.73 Å². The number of hydrogen-bond donors (Lipinski definition) is 3. The van der Waals surface area contributed by atoms with Crippen molar-refractivity contribution in [1.29, 1.82) is 0 Å². The van der Waals surface area contributed by atoms with Gasteiger partial charge in [-0.1, -0.05) is 30.3 Å². The molecule has 6 rings (SSSR count). The number of nitrogens with one attached hydrogen (secondary N) is 2. The third-order valence-electron chi connectivity index (χ3n) is 9.18. The third kappa shape index (κ3) is 6.81. The number of rotatable bonds is 10. The average molecular weight is 579 g/mol. The molecule has 2 aromatic carbocycles. The minimum atomic E-state index is -0.345. The Balaban J connectivity index is 0.954. The van der Waals surface area contributed by atoms with E-state index < -0.39 is 0 Å². The first kappa shape index (κ1) is 29.1. The molecule has 2 aliphatic rings. The van der Waals surface area contributed by atoms with E-state index in [1.807, 2.05) is 10.7 Å². The standard InChI is InChI=1S/C35H42N6O2/c1-24-20-28(5-6-29(24)22-36)31-13-16-37-41-23-25(21-33(31)41)4-2-3-17-40-18-14-27(15-19-40)26-7-9-30(10-8-26)38-32-11-12-34(42)39-35(32)43/h5-10,13,16,20-21,23,27,32,38H,2-4,11-12,14-15,17-19,22,36H2,1H3,(H,39,42,43). The first-order valence-corrected chi connectivity index (χ1v) is 15.7. The maximum absolute atomic E-state index is 12.0. The van der Waals surface area contributed by atoms with Crippen LogP contribution in [0.2, 0.25) is 0 Å². The van der Waals surface area contributed by atoms with Crippen molar-refractivity contribution in [2.45, 2.75) is 70.4 Å². The Labute approximate surface area is 253 Å². The maximum Gasteiger partial charge on any atom is 0.249 e. The zero-order chi connectivity index (χ0) is 29.8. The molecular weight excluding hydrogens is 536 g/mol. The summed E-state index contributed by atoms with van der Waals surface area (Å²) in [6.45, 7) is 6.09. The number of hydrogen-bond acceptors (Lipinski definition) is 6. The second kappa shape index (κ2) is 13.1. The fourth-order valence-corrected chi connectivity index (χ4v) is 6.58. The van der Waals surface area contributed by atoms with Crippen LogP contribution in [0.5, 0.6) is 0 Å². The van der Waals surface area contributed by atoms with Crippen LogP contribution in [0.25, 0.3) is 16.6 Å². The van der Waals surface area contributed by atoms with Crippen molar-refractivity contribution in [3.05, 3.63) is 89.2 Å². The van der Waals surface area contributed by atoms with Crippen molar-refractivity contribution < 1.29 is 9.59 Å². The SMILES string of the molecule is Cc1cc(-c2ccnn3cc(CCCCN4CCC(c5ccc(NC6CCC(=O)NC6=O)cc5)CC4)cc23)ccc1CN. The molecule has 0 spiro atoms. The monoisotopic (exact) mass is 578 g/mol. The van der Waals surface area contributed by atoms with Gasteiger partial charge in [0, 0.05) is 36.6 Å². The van der Waals surface area contributed by atoms with Gasteiger partial charge in [0.15, 0.2) is 0 Å². The molecule has 4 heterocycles. The number of carbonyl (C=O) groups excluding carboxylic acids is 2. The summed E-state index contributed by atoms with van der Waals surface area (Å²) >= 11 is 0. The summed E-state index contributed by atoms with van der Waals surface area (Å²) in [6.07, 6.45) is 10.7. The number of benzene rings is 2. The summed E-state index contributed by atoms with van der Waals surface area (Å²) in [5.74, 6) is 0.153. The Kier molecular flexibility index (Phi) is 8.86. The van der Waals surface area contributed by atoms with Gasteiger partial charge in [-0.3, -0.25) is 14.9 Å². The molecule has 0 aliphatic carbocycles. The van der Waals surface area contributed by atoms with E-state index in [4.69, 9.17) is 5.73 Å². The highest BCUT2D eigenvalue weighted by atomic mass is 16.2. The van der Waals surface area contributed by atoms with Crippen LogP contribution in [0.1, 0.15) is 66.7 Å². The summed E-state index contributed by atoms with van der Waals surface area (Å²) in [4.78, 5) is 26.0. The minimum absolute atomic E-state index is 0.188. The first-order valence-electron chi connectivity index (χ1n) is 15.7. The largest absolute Gasteiger partial charge is 0.374 e. The Bertz CT molecular complexity index is 1590. The molecule has 2 amide bonds. The van der Waals surface area contributed by atoms with Crippen molar-refractivity contribution in [3.8, 4) is 11.1 Å². The van der Waals surface area contributed by atoms with E-state index in [1.165, 1.54) is 52.6 Å². The topological polar surface area (TPSA) is 105 Å². The zero-order valence-electron chi connectivity index (χ0n) is 25.0. The van der Waals surface area contributed by atoms with Crippen LogP contribution in [-0.2, 0) is 22.6 Å². The van der Waals surface area contributed by atoms with Gasteiger partial charge in [0.2, 0.25) is 11.8 Å². The van der Waals surface area contributed by atoms with E-state index in [1.54, 1.807) is 0 Å². The molecule has 2 fully saturated rings. The molecule has 43 heavy (non-hydrogen) atoms. The number of aromatic nitrogens is 2. The Morgan fingerprint density at radius 3 is 2.56 bits per heavy atom. The quantitative estimate of drug-likeness (QED) is 0.177. The van der Waals surface area contributed by atoms with Crippen LogP contribution in [-0.4, -0.2) is 52.0 Å². The predicted octanol–water partition coefficient (Wildman–Crippen LogP) is 5.19. The van der Waals surface area contributed by atoms with Gasteiger partial charge in [-0.25, -0.2) is 4.52 Å². The Morgan fingerprint density at radius 1 is 1.00 bits per heavy atom. The zero-order valence-corrected chi connectivity index (χ0v) is 25.0. The molecule has 4 aromatic rings. The number of fused-ring (bicyclic) bond motifs is 1. The van der Waals surface area contributed by atoms with Crippen LogP contribution in [0, 0.1) is 6.92 Å². The highest BCUT2D eigenvalue weighted by molar-refractivity contribution is 6.01. The van der Waals surface area contributed by atoms with Gasteiger partial charge in [0.25, 0.3) is 0 Å². The van der Waals surface area contributed by atoms with Crippen LogP contribution in [0.3, 0.4) is 0 Å². The highest BCUT2D eigenvalue weighted by Gasteiger charge is 2.26. The Hall–Kier alpha value is -4.01. The molecule has 0 bridgehead atoms. The number of nitrogens with two attached hydrogens (primary N) is 1. The van der Waals surface area contributed by atoms with E-state index in [0.29, 0.717) is 25.3 Å². The normalized spacial score (nSPS) is 18.2. The molecule has 0 saturated carbocycles. The van der Waals surface area contributed by atoms with Gasteiger partial charge in [0.1, 0.15) is 6.04 Å². The lowest BCUT2D eigenvalue weighted by Gasteiger charge is -2.32. The predicted molar refractivity (Wildman–Crippen MR) is 171 cm³/mol. The van der Waals surface area contributed by atoms with Gasteiger partial charge < -0.3 is 16.0 Å². The second-order valence-corrected chi connectivity index (χ2v) is 12.1. The summed E-state index contributed by atoms with van der Waals surface area (Å²) in [5.41, 5.74) is 15.5. The number of piperidine rings is 2. The molecule has 1 atom stereocenters. The molecular formula is C35H42N6O2. The fourth-order valence-electron chi connectivity index (χ4n) is 6.58. The summed E-state index contributed by atoms with van der Waals surface area (Å²) < 4.78 is 2.01. The molecule has 4 N–H and O–H groups in total. The van der Waals surface area contributed by atoms with E-state index in [-0.39, 0.29) is 17.9 Å². The second-order valence-electron chi connectivity index (χ2n) is 12.1. The number of likely N-dealkylation sites (tertiary alicyclic amines) is 1. The van der Waals surface area contributed by atoms with E-state index in [2.05, 4.69) is 88.4 Å². The van der Waals surface area contributed by atoms with E-state index >= 15 is 0 Å². The van der Waals surface area contributed by atoms with Crippen LogP contribution >= 0.6 is 0 Å². The van der Waals surface area contributed by atoms with Gasteiger partial charge in [-0.15, -0.1) is 0 Å². The van der Waals surface area contributed by atoms with Crippen molar-refractivity contribution in [1.82, 2.24) is 19.8 Å². The molecule has 2 aliphatic heterocycles. The summed E-state index contributed by atoms with van der Waals surface area (Å²) in [5, 5.41) is 10.3. The third-order valence-corrected chi connectivity index (χ3v) is 9.18. The lowest BCUT2D eigenvalue weighted by Crippen LogP contribution is -2.47. The molecule has 224 valence electrons. The highest BCUT2D eigenvalue weighted by Crippen LogP contribution is 2.30. The number of amides is 2. The van der Waals surface area contributed by atoms with Crippen LogP contribution < -0.4 is 16.4 Å². The average Bonchev–Trinajstić information content (AvgIpc) is 3.45. The van der Waals surface area contributed by atoms with E-state index in [9.17, 15) is 9.59 Å². The minimum Gasteiger partial charge on any atom is -0.374 e. The van der Waals surface area contributed by atoms with Gasteiger partial charge in [-0.2, -0.15) is 5.10 Å². The molecule has 8 nitrogen and oxygen atoms in total.